The van der Waals surface area contributed by atoms with E-state index in [2.05, 4.69) is 0 Å². The summed E-state index contributed by atoms with van der Waals surface area (Å²) < 4.78 is 5.56. The summed E-state index contributed by atoms with van der Waals surface area (Å²) in [6.07, 6.45) is 0. The van der Waals surface area contributed by atoms with Gasteiger partial charge in [-0.2, -0.15) is 0 Å². The van der Waals surface area contributed by atoms with Crippen LogP contribution in [0.5, 0.6) is 11.5 Å². The first-order valence-electron chi connectivity index (χ1n) is 5.46. The van der Waals surface area contributed by atoms with Crippen molar-refractivity contribution in [3.8, 4) is 11.5 Å². The lowest BCUT2D eigenvalue weighted by Gasteiger charge is -2.10. The Balaban J connectivity index is 2.46. The van der Waals surface area contributed by atoms with E-state index in [1.54, 1.807) is 24.3 Å². The average Bonchev–Trinajstić information content (AvgIpc) is 2.33. The molecule has 0 unspecified atom stereocenters. The second-order valence-electron chi connectivity index (χ2n) is 3.96. The highest BCUT2D eigenvalue weighted by Crippen LogP contribution is 2.37. The first kappa shape index (κ1) is 13.2. The number of ether oxygens (including phenoxy) is 1. The Labute approximate surface area is 114 Å². The maximum absolute atomic E-state index is 11.0. The maximum Gasteiger partial charge on any atom is 0.334 e. The zero-order valence-corrected chi connectivity index (χ0v) is 10.8. The summed E-state index contributed by atoms with van der Waals surface area (Å²) >= 11 is 5.88. The van der Waals surface area contributed by atoms with Crippen molar-refractivity contribution < 1.29 is 9.66 Å². The number of nitrogens with two attached hydrogens (primary N) is 1. The molecular weight excluding hydrogens is 268 g/mol. The molecular formula is C13H11ClN2O3. The molecule has 2 aromatic rings. The van der Waals surface area contributed by atoms with Gasteiger partial charge in [-0.15, -0.1) is 0 Å². The minimum Gasteiger partial charge on any atom is -0.450 e. The van der Waals surface area contributed by atoms with E-state index in [0.29, 0.717) is 10.8 Å². The quantitative estimate of drug-likeness (QED) is 0.524. The molecule has 0 heterocycles. The highest BCUT2D eigenvalue weighted by Gasteiger charge is 2.20. The monoisotopic (exact) mass is 278 g/mol. The number of nitro benzene ring substituents is 1. The summed E-state index contributed by atoms with van der Waals surface area (Å²) in [5.41, 5.74) is 6.23. The Bertz CT molecular complexity index is 644. The van der Waals surface area contributed by atoms with Crippen LogP contribution in [0.25, 0.3) is 0 Å². The number of halogens is 1. The molecule has 0 saturated carbocycles. The Morgan fingerprint density at radius 2 is 2.00 bits per heavy atom. The van der Waals surface area contributed by atoms with Crippen LogP contribution in [0.2, 0.25) is 5.02 Å². The molecule has 0 bridgehead atoms. The Hall–Kier alpha value is -2.27. The van der Waals surface area contributed by atoms with Crippen molar-refractivity contribution in [1.82, 2.24) is 0 Å². The van der Waals surface area contributed by atoms with Crippen LogP contribution in [0.1, 0.15) is 5.56 Å². The maximum atomic E-state index is 11.0. The second-order valence-corrected chi connectivity index (χ2v) is 4.40. The zero-order chi connectivity index (χ0) is 14.0. The molecule has 6 heteroatoms. The van der Waals surface area contributed by atoms with Gasteiger partial charge in [0.15, 0.2) is 0 Å². The van der Waals surface area contributed by atoms with Gasteiger partial charge in [0.2, 0.25) is 5.75 Å². The van der Waals surface area contributed by atoms with E-state index < -0.39 is 4.92 Å². The molecule has 2 aromatic carbocycles. The van der Waals surface area contributed by atoms with E-state index in [9.17, 15) is 10.1 Å². The lowest BCUT2D eigenvalue weighted by atomic mass is 10.2. The van der Waals surface area contributed by atoms with Crippen molar-refractivity contribution >= 4 is 23.0 Å². The predicted octanol–water partition coefficient (Wildman–Crippen LogP) is 3.93. The van der Waals surface area contributed by atoms with Gasteiger partial charge in [-0.3, -0.25) is 10.1 Å². The molecule has 2 rings (SSSR count). The third-order valence-electron chi connectivity index (χ3n) is 2.58. The van der Waals surface area contributed by atoms with Gasteiger partial charge in [-0.1, -0.05) is 23.7 Å². The van der Waals surface area contributed by atoms with Crippen molar-refractivity contribution in [2.24, 2.45) is 0 Å². The number of benzene rings is 2. The second kappa shape index (κ2) is 5.16. The molecule has 0 atom stereocenters. The molecule has 0 aliphatic rings. The molecule has 98 valence electrons. The summed E-state index contributed by atoms with van der Waals surface area (Å²) in [5, 5.41) is 11.5. The van der Waals surface area contributed by atoms with Crippen LogP contribution in [-0.2, 0) is 0 Å². The molecule has 0 aliphatic carbocycles. The van der Waals surface area contributed by atoms with Gasteiger partial charge in [0.1, 0.15) is 11.4 Å². The molecule has 0 spiro atoms. The van der Waals surface area contributed by atoms with Gasteiger partial charge in [-0.25, -0.2) is 0 Å². The number of hydrogen-bond donors (Lipinski definition) is 1. The number of para-hydroxylation sites is 1. The number of nitrogens with zero attached hydrogens (tertiary/aromatic N) is 1. The molecule has 0 amide bonds. The lowest BCUT2D eigenvalue weighted by molar-refractivity contribution is -0.384. The predicted molar refractivity (Wildman–Crippen MR) is 73.8 cm³/mol. The largest absolute Gasteiger partial charge is 0.450 e. The van der Waals surface area contributed by atoms with Gasteiger partial charge in [0.25, 0.3) is 0 Å². The Morgan fingerprint density at radius 3 is 2.68 bits per heavy atom. The number of hydrogen-bond acceptors (Lipinski definition) is 4. The molecule has 2 N–H and O–H groups in total. The van der Waals surface area contributed by atoms with Crippen molar-refractivity contribution in [1.29, 1.82) is 0 Å². The lowest BCUT2D eigenvalue weighted by Crippen LogP contribution is -1.99. The third-order valence-corrected chi connectivity index (χ3v) is 2.82. The Morgan fingerprint density at radius 1 is 1.26 bits per heavy atom. The summed E-state index contributed by atoms with van der Waals surface area (Å²) in [6.45, 7) is 1.82. The minimum absolute atomic E-state index is 0.0576. The molecule has 0 fully saturated rings. The van der Waals surface area contributed by atoms with Gasteiger partial charge in [-0.05, 0) is 36.8 Å². The summed E-state index contributed by atoms with van der Waals surface area (Å²) in [7, 11) is 0. The van der Waals surface area contributed by atoms with Gasteiger partial charge >= 0.3 is 5.69 Å². The van der Waals surface area contributed by atoms with E-state index in [-0.39, 0.29) is 17.1 Å². The van der Waals surface area contributed by atoms with E-state index in [0.717, 1.165) is 5.56 Å². The van der Waals surface area contributed by atoms with Crippen molar-refractivity contribution in [2.45, 2.75) is 6.92 Å². The fraction of sp³-hybridized carbons (Fsp3) is 0.0769. The van der Waals surface area contributed by atoms with Crippen LogP contribution in [0.3, 0.4) is 0 Å². The smallest absolute Gasteiger partial charge is 0.334 e. The molecule has 0 aliphatic heterocycles. The van der Waals surface area contributed by atoms with E-state index in [4.69, 9.17) is 22.1 Å². The normalized spacial score (nSPS) is 10.2. The molecule has 0 saturated heterocycles. The number of nitrogen functional groups attached to an aromatic ring is 1. The molecule has 19 heavy (non-hydrogen) atoms. The summed E-state index contributed by atoms with van der Waals surface area (Å²) in [4.78, 5) is 10.4. The summed E-state index contributed by atoms with van der Waals surface area (Å²) in [5.74, 6) is 0.552. The first-order chi connectivity index (χ1) is 8.99. The van der Waals surface area contributed by atoms with Gasteiger partial charge < -0.3 is 10.5 Å². The van der Waals surface area contributed by atoms with Crippen molar-refractivity contribution in [3.63, 3.8) is 0 Å². The topological polar surface area (TPSA) is 78.4 Å². The first-order valence-corrected chi connectivity index (χ1v) is 5.83. The van der Waals surface area contributed by atoms with E-state index in [1.807, 2.05) is 6.92 Å². The number of rotatable bonds is 3. The summed E-state index contributed by atoms with van der Waals surface area (Å²) in [6, 6.07) is 9.64. The van der Waals surface area contributed by atoms with Gasteiger partial charge in [0.05, 0.1) is 4.92 Å². The molecule has 0 aromatic heterocycles. The molecule has 0 radical (unpaired) electrons. The molecule has 5 nitrogen and oxygen atoms in total. The van der Waals surface area contributed by atoms with Crippen LogP contribution in [0.15, 0.2) is 36.4 Å². The SMILES string of the molecule is Cc1ccc(Cl)cc1Oc1cccc(N)c1[N+](=O)[O-]. The fourth-order valence-electron chi connectivity index (χ4n) is 1.62. The number of anilines is 1. The van der Waals surface area contributed by atoms with E-state index in [1.165, 1.54) is 12.1 Å². The highest BCUT2D eigenvalue weighted by molar-refractivity contribution is 6.30. The van der Waals surface area contributed by atoms with Crippen LogP contribution < -0.4 is 10.5 Å². The van der Waals surface area contributed by atoms with Crippen LogP contribution >= 0.6 is 11.6 Å². The minimum atomic E-state index is -0.565. The van der Waals surface area contributed by atoms with Crippen LogP contribution in [0, 0.1) is 17.0 Å². The zero-order valence-electron chi connectivity index (χ0n) is 10.1. The van der Waals surface area contributed by atoms with E-state index >= 15 is 0 Å². The standard InChI is InChI=1S/C13H11ClN2O3/c1-8-5-6-9(14)7-12(8)19-11-4-2-3-10(15)13(11)16(17)18/h2-7H,15H2,1H3. The van der Waals surface area contributed by atoms with Crippen LogP contribution in [0.4, 0.5) is 11.4 Å². The highest BCUT2D eigenvalue weighted by atomic mass is 35.5. The Kier molecular flexibility index (Phi) is 3.57. The van der Waals surface area contributed by atoms with Crippen molar-refractivity contribution in [2.75, 3.05) is 5.73 Å². The van der Waals surface area contributed by atoms with Crippen LogP contribution in [-0.4, -0.2) is 4.92 Å². The number of aryl methyl sites for hydroxylation is 1. The van der Waals surface area contributed by atoms with Gasteiger partial charge in [0, 0.05) is 5.02 Å². The third kappa shape index (κ3) is 2.77. The fourth-order valence-corrected chi connectivity index (χ4v) is 1.78. The number of nitro groups is 1. The van der Waals surface area contributed by atoms with Crippen molar-refractivity contribution in [3.05, 3.63) is 57.1 Å². The average molecular weight is 279 g/mol.